The van der Waals surface area contributed by atoms with Gasteiger partial charge in [-0.05, 0) is 31.4 Å². The molecule has 0 radical (unpaired) electrons. The lowest BCUT2D eigenvalue weighted by molar-refractivity contribution is 0.415. The van der Waals surface area contributed by atoms with Crippen LogP contribution in [0, 0.1) is 11.3 Å². The number of hydrogen-bond acceptors (Lipinski definition) is 4. The van der Waals surface area contributed by atoms with E-state index in [-0.39, 0.29) is 0 Å². The second-order valence-electron chi connectivity index (χ2n) is 4.44. The molecule has 2 atom stereocenters. The van der Waals surface area contributed by atoms with Crippen LogP contribution in [0.2, 0.25) is 0 Å². The predicted molar refractivity (Wildman–Crippen MR) is 66.9 cm³/mol. The van der Waals surface area contributed by atoms with Gasteiger partial charge in [-0.2, -0.15) is 5.26 Å². The number of nitrogens with one attached hydrogen (secondary N) is 1. The molecule has 0 heterocycles. The Morgan fingerprint density at radius 1 is 1.47 bits per heavy atom. The molecule has 17 heavy (non-hydrogen) atoms. The quantitative estimate of drug-likeness (QED) is 0.833. The Morgan fingerprint density at radius 2 is 2.29 bits per heavy atom. The van der Waals surface area contributed by atoms with Crippen LogP contribution in [-0.2, 0) is 0 Å². The molecule has 2 rings (SSSR count). The number of nitrogens with two attached hydrogens (primary N) is 1. The van der Waals surface area contributed by atoms with Crippen molar-refractivity contribution in [2.45, 2.75) is 31.3 Å². The van der Waals surface area contributed by atoms with E-state index >= 15 is 0 Å². The van der Waals surface area contributed by atoms with Gasteiger partial charge in [0.25, 0.3) is 0 Å². The molecule has 1 aromatic rings. The molecule has 4 heteroatoms. The summed E-state index contributed by atoms with van der Waals surface area (Å²) >= 11 is 0. The second-order valence-corrected chi connectivity index (χ2v) is 4.44. The van der Waals surface area contributed by atoms with Crippen LogP contribution >= 0.6 is 0 Å². The van der Waals surface area contributed by atoms with E-state index < -0.39 is 0 Å². The molecule has 0 amide bonds. The van der Waals surface area contributed by atoms with Crippen molar-refractivity contribution in [3.8, 4) is 11.8 Å². The highest BCUT2D eigenvalue weighted by Gasteiger charge is 2.22. The number of benzene rings is 1. The Hall–Kier alpha value is -1.73. The lowest BCUT2D eigenvalue weighted by Gasteiger charge is -2.16. The second kappa shape index (κ2) is 5.07. The number of methoxy groups -OCH3 is 1. The molecule has 0 aromatic heterocycles. The summed E-state index contributed by atoms with van der Waals surface area (Å²) in [5, 5.41) is 12.3. The summed E-state index contributed by atoms with van der Waals surface area (Å²) in [6, 6.07) is 8.24. The number of hydrogen-bond donors (Lipinski definition) is 2. The molecule has 1 aliphatic carbocycles. The number of nitriles is 1. The van der Waals surface area contributed by atoms with Gasteiger partial charge in [-0.15, -0.1) is 0 Å². The van der Waals surface area contributed by atoms with Gasteiger partial charge in [-0.25, -0.2) is 0 Å². The summed E-state index contributed by atoms with van der Waals surface area (Å²) in [5.41, 5.74) is 7.42. The molecule has 0 bridgehead atoms. The first kappa shape index (κ1) is 11.7. The first-order valence-corrected chi connectivity index (χ1v) is 5.83. The van der Waals surface area contributed by atoms with Gasteiger partial charge in [0.15, 0.2) is 0 Å². The van der Waals surface area contributed by atoms with Crippen molar-refractivity contribution in [1.29, 1.82) is 5.26 Å². The first-order valence-electron chi connectivity index (χ1n) is 5.83. The molecule has 1 fully saturated rings. The lowest BCUT2D eigenvalue weighted by atomic mass is 10.1. The smallest absolute Gasteiger partial charge is 0.143 e. The van der Waals surface area contributed by atoms with Crippen molar-refractivity contribution in [2.75, 3.05) is 12.4 Å². The minimum Gasteiger partial charge on any atom is -0.495 e. The van der Waals surface area contributed by atoms with Crippen molar-refractivity contribution in [1.82, 2.24) is 0 Å². The van der Waals surface area contributed by atoms with E-state index in [4.69, 9.17) is 15.7 Å². The maximum Gasteiger partial charge on any atom is 0.143 e. The number of rotatable bonds is 3. The molecule has 0 aliphatic heterocycles. The van der Waals surface area contributed by atoms with Gasteiger partial charge < -0.3 is 15.8 Å². The highest BCUT2D eigenvalue weighted by Crippen LogP contribution is 2.29. The molecule has 90 valence electrons. The first-order chi connectivity index (χ1) is 8.22. The van der Waals surface area contributed by atoms with Crippen molar-refractivity contribution in [3.05, 3.63) is 23.8 Å². The molecular formula is C13H17N3O. The van der Waals surface area contributed by atoms with E-state index in [2.05, 4.69) is 11.4 Å². The van der Waals surface area contributed by atoms with Gasteiger partial charge in [0.1, 0.15) is 5.75 Å². The van der Waals surface area contributed by atoms with Gasteiger partial charge >= 0.3 is 0 Å². The van der Waals surface area contributed by atoms with E-state index in [1.807, 2.05) is 6.07 Å². The van der Waals surface area contributed by atoms with Crippen molar-refractivity contribution in [3.63, 3.8) is 0 Å². The largest absolute Gasteiger partial charge is 0.495 e. The van der Waals surface area contributed by atoms with E-state index in [9.17, 15) is 0 Å². The Kier molecular flexibility index (Phi) is 3.50. The fourth-order valence-corrected chi connectivity index (χ4v) is 2.25. The fraction of sp³-hybridized carbons (Fsp3) is 0.462. The summed E-state index contributed by atoms with van der Waals surface area (Å²) in [6.07, 6.45) is 3.14. The third kappa shape index (κ3) is 2.69. The average Bonchev–Trinajstić information content (AvgIpc) is 2.75. The number of ether oxygens (including phenoxy) is 1. The van der Waals surface area contributed by atoms with Gasteiger partial charge in [0.05, 0.1) is 24.4 Å². The van der Waals surface area contributed by atoms with Crippen LogP contribution in [-0.4, -0.2) is 19.2 Å². The molecule has 2 unspecified atom stereocenters. The summed E-state index contributed by atoms with van der Waals surface area (Å²) < 4.78 is 5.28. The summed E-state index contributed by atoms with van der Waals surface area (Å²) in [7, 11) is 1.61. The van der Waals surface area contributed by atoms with Crippen molar-refractivity contribution >= 4 is 5.69 Å². The summed E-state index contributed by atoms with van der Waals surface area (Å²) in [4.78, 5) is 0. The lowest BCUT2D eigenvalue weighted by Crippen LogP contribution is -2.21. The van der Waals surface area contributed by atoms with Crippen LogP contribution < -0.4 is 15.8 Å². The average molecular weight is 231 g/mol. The summed E-state index contributed by atoms with van der Waals surface area (Å²) in [5.74, 6) is 0.713. The standard InChI is InChI=1S/C13H17N3O/c1-17-13-6-9(8-14)2-5-12(13)16-11-4-3-10(15)7-11/h2,5-6,10-11,16H,3-4,7,15H2,1H3. The normalized spacial score (nSPS) is 23.1. The van der Waals surface area contributed by atoms with Crippen LogP contribution in [0.4, 0.5) is 5.69 Å². The number of anilines is 1. The zero-order valence-corrected chi connectivity index (χ0v) is 9.94. The Labute approximate surface area is 101 Å². The monoisotopic (exact) mass is 231 g/mol. The van der Waals surface area contributed by atoms with Gasteiger partial charge in [0, 0.05) is 18.2 Å². The Bertz CT molecular complexity index is 439. The highest BCUT2D eigenvalue weighted by molar-refractivity contribution is 5.60. The zero-order chi connectivity index (χ0) is 12.3. The van der Waals surface area contributed by atoms with Gasteiger partial charge in [-0.1, -0.05) is 0 Å². The third-order valence-corrected chi connectivity index (χ3v) is 3.16. The molecular weight excluding hydrogens is 214 g/mol. The molecule has 0 spiro atoms. The van der Waals surface area contributed by atoms with Crippen LogP contribution in [0.1, 0.15) is 24.8 Å². The van der Waals surface area contributed by atoms with E-state index in [0.717, 1.165) is 24.9 Å². The highest BCUT2D eigenvalue weighted by atomic mass is 16.5. The molecule has 0 saturated heterocycles. The zero-order valence-electron chi connectivity index (χ0n) is 9.94. The van der Waals surface area contributed by atoms with Crippen LogP contribution in [0.5, 0.6) is 5.75 Å². The summed E-state index contributed by atoms with van der Waals surface area (Å²) in [6.45, 7) is 0. The molecule has 1 aliphatic rings. The predicted octanol–water partition coefficient (Wildman–Crippen LogP) is 1.86. The van der Waals surface area contributed by atoms with Crippen molar-refractivity contribution in [2.24, 2.45) is 5.73 Å². The maximum absolute atomic E-state index is 8.82. The van der Waals surface area contributed by atoms with Crippen LogP contribution in [0.3, 0.4) is 0 Å². The van der Waals surface area contributed by atoms with E-state index in [1.54, 1.807) is 19.2 Å². The molecule has 3 N–H and O–H groups in total. The van der Waals surface area contributed by atoms with E-state index in [1.165, 1.54) is 0 Å². The number of nitrogens with zero attached hydrogens (tertiary/aromatic N) is 1. The molecule has 1 aromatic carbocycles. The minimum absolute atomic E-state index is 0.303. The van der Waals surface area contributed by atoms with Crippen LogP contribution in [0.15, 0.2) is 18.2 Å². The van der Waals surface area contributed by atoms with Gasteiger partial charge in [-0.3, -0.25) is 0 Å². The fourth-order valence-electron chi connectivity index (χ4n) is 2.25. The van der Waals surface area contributed by atoms with Gasteiger partial charge in [0.2, 0.25) is 0 Å². The van der Waals surface area contributed by atoms with Crippen molar-refractivity contribution < 1.29 is 4.74 Å². The third-order valence-electron chi connectivity index (χ3n) is 3.16. The molecule has 4 nitrogen and oxygen atoms in total. The Balaban J connectivity index is 2.13. The minimum atomic E-state index is 0.303. The van der Waals surface area contributed by atoms with Crippen LogP contribution in [0.25, 0.3) is 0 Å². The topological polar surface area (TPSA) is 71.1 Å². The Morgan fingerprint density at radius 3 is 2.88 bits per heavy atom. The van der Waals surface area contributed by atoms with E-state index in [0.29, 0.717) is 23.4 Å². The SMILES string of the molecule is COc1cc(C#N)ccc1NC1CCC(N)C1. The maximum atomic E-state index is 8.82. The molecule has 1 saturated carbocycles.